The molecule has 0 radical (unpaired) electrons. The molecule has 0 spiro atoms. The lowest BCUT2D eigenvalue weighted by Gasteiger charge is -2.35. The number of hydrogen-bond donors (Lipinski definition) is 0. The molecule has 0 saturated carbocycles. The Morgan fingerprint density at radius 1 is 1.12 bits per heavy atom. The third kappa shape index (κ3) is 2.97. The normalized spacial score (nSPS) is 17.6. The van der Waals surface area contributed by atoms with Crippen LogP contribution in [0.3, 0.4) is 0 Å². The second-order valence-corrected chi connectivity index (χ2v) is 6.30. The number of likely N-dealkylation sites (tertiary alicyclic amines) is 1. The fourth-order valence-corrected chi connectivity index (χ4v) is 3.47. The van der Waals surface area contributed by atoms with Crippen LogP contribution in [0.25, 0.3) is 10.9 Å². The number of aromatic nitrogens is 2. The Kier molecular flexibility index (Phi) is 4.14. The quantitative estimate of drug-likeness (QED) is 0.707. The summed E-state index contributed by atoms with van der Waals surface area (Å²) in [5.41, 5.74) is 1.55. The van der Waals surface area contributed by atoms with Gasteiger partial charge in [-0.3, -0.25) is 9.78 Å². The highest BCUT2D eigenvalue weighted by Gasteiger charge is 2.29. The van der Waals surface area contributed by atoms with Gasteiger partial charge in [-0.15, -0.1) is 0 Å². The zero-order valence-electron chi connectivity index (χ0n) is 13.7. The van der Waals surface area contributed by atoms with E-state index in [-0.39, 0.29) is 23.2 Å². The van der Waals surface area contributed by atoms with Crippen LogP contribution in [0.1, 0.15) is 41.4 Å². The molecular weight excluding hydrogens is 317 g/mol. The number of carbonyl (C=O) groups is 1. The maximum atomic E-state index is 14.0. The van der Waals surface area contributed by atoms with Gasteiger partial charge in [-0.05, 0) is 43.0 Å². The molecule has 1 atom stereocenters. The molecule has 25 heavy (non-hydrogen) atoms. The summed E-state index contributed by atoms with van der Waals surface area (Å²) in [5, 5.41) is 0.694. The van der Waals surface area contributed by atoms with Crippen molar-refractivity contribution in [2.75, 3.05) is 6.54 Å². The van der Waals surface area contributed by atoms with Crippen LogP contribution in [0.15, 0.2) is 54.9 Å². The second-order valence-electron chi connectivity index (χ2n) is 6.30. The van der Waals surface area contributed by atoms with Crippen molar-refractivity contribution in [3.05, 3.63) is 71.9 Å². The molecule has 1 aliphatic rings. The van der Waals surface area contributed by atoms with Crippen LogP contribution in [-0.2, 0) is 0 Å². The summed E-state index contributed by atoms with van der Waals surface area (Å²) in [6, 6.07) is 12.1. The van der Waals surface area contributed by atoms with E-state index in [9.17, 15) is 9.18 Å². The first kappa shape index (κ1) is 15.7. The van der Waals surface area contributed by atoms with Crippen LogP contribution in [0.2, 0.25) is 0 Å². The molecule has 3 heterocycles. The number of para-hydroxylation sites is 1. The van der Waals surface area contributed by atoms with Gasteiger partial charge in [-0.1, -0.05) is 24.3 Å². The molecule has 1 amide bonds. The Morgan fingerprint density at radius 3 is 2.88 bits per heavy atom. The molecular formula is C20H18FN3O. The number of fused-ring (bicyclic) bond motifs is 1. The summed E-state index contributed by atoms with van der Waals surface area (Å²) >= 11 is 0. The molecule has 0 bridgehead atoms. The number of rotatable bonds is 2. The van der Waals surface area contributed by atoms with Gasteiger partial charge in [0, 0.05) is 24.3 Å². The first-order valence-corrected chi connectivity index (χ1v) is 8.50. The Morgan fingerprint density at radius 2 is 2.04 bits per heavy atom. The van der Waals surface area contributed by atoms with Crippen LogP contribution >= 0.6 is 0 Å². The number of benzene rings is 1. The van der Waals surface area contributed by atoms with Crippen molar-refractivity contribution in [3.63, 3.8) is 0 Å². The summed E-state index contributed by atoms with van der Waals surface area (Å²) in [4.78, 5) is 23.4. The van der Waals surface area contributed by atoms with Crippen molar-refractivity contribution >= 4 is 16.8 Å². The zero-order chi connectivity index (χ0) is 17.2. The van der Waals surface area contributed by atoms with E-state index in [1.165, 1.54) is 6.07 Å². The number of nitrogens with zero attached hydrogens (tertiary/aromatic N) is 3. The highest BCUT2D eigenvalue weighted by Crippen LogP contribution is 2.31. The molecule has 5 heteroatoms. The summed E-state index contributed by atoms with van der Waals surface area (Å²) in [6.07, 6.45) is 6.48. The first-order chi connectivity index (χ1) is 12.2. The van der Waals surface area contributed by atoms with Crippen LogP contribution in [0.5, 0.6) is 0 Å². The van der Waals surface area contributed by atoms with Crippen LogP contribution in [0.4, 0.5) is 4.39 Å². The molecule has 1 aromatic carbocycles. The van der Waals surface area contributed by atoms with E-state index in [1.54, 1.807) is 30.5 Å². The van der Waals surface area contributed by atoms with Crippen LogP contribution in [-0.4, -0.2) is 27.3 Å². The smallest absolute Gasteiger partial charge is 0.272 e. The van der Waals surface area contributed by atoms with Gasteiger partial charge in [-0.25, -0.2) is 9.37 Å². The molecule has 0 aliphatic carbocycles. The minimum absolute atomic E-state index is 0.00642. The van der Waals surface area contributed by atoms with Crippen molar-refractivity contribution in [3.8, 4) is 0 Å². The number of halogens is 1. The van der Waals surface area contributed by atoms with Gasteiger partial charge in [-0.2, -0.15) is 0 Å². The third-order valence-electron chi connectivity index (χ3n) is 4.72. The molecule has 1 unspecified atom stereocenters. The maximum Gasteiger partial charge on any atom is 0.272 e. The Hall–Kier alpha value is -2.82. The SMILES string of the molecule is O=C(c1ccc2cccc(F)c2n1)N1CCCCC1c1cccnc1. The topological polar surface area (TPSA) is 46.1 Å². The Labute approximate surface area is 145 Å². The van der Waals surface area contributed by atoms with Gasteiger partial charge in [0.15, 0.2) is 0 Å². The number of carbonyl (C=O) groups excluding carboxylic acids is 1. The van der Waals surface area contributed by atoms with Crippen LogP contribution < -0.4 is 0 Å². The van der Waals surface area contributed by atoms with Gasteiger partial charge in [0.05, 0.1) is 6.04 Å². The minimum atomic E-state index is -0.408. The molecule has 1 saturated heterocycles. The lowest BCUT2D eigenvalue weighted by Crippen LogP contribution is -2.39. The van der Waals surface area contributed by atoms with E-state index >= 15 is 0 Å². The molecule has 4 nitrogen and oxygen atoms in total. The van der Waals surface area contributed by atoms with Crippen molar-refractivity contribution in [2.24, 2.45) is 0 Å². The molecule has 3 aromatic rings. The van der Waals surface area contributed by atoms with Crippen molar-refractivity contribution < 1.29 is 9.18 Å². The highest BCUT2D eigenvalue weighted by molar-refractivity contribution is 5.95. The lowest BCUT2D eigenvalue weighted by atomic mass is 9.96. The zero-order valence-corrected chi connectivity index (χ0v) is 13.7. The Balaban J connectivity index is 1.70. The average Bonchev–Trinajstić information content (AvgIpc) is 2.68. The molecule has 2 aromatic heterocycles. The molecule has 126 valence electrons. The van der Waals surface area contributed by atoms with Gasteiger partial charge < -0.3 is 4.90 Å². The Bertz CT molecular complexity index is 913. The number of amides is 1. The number of piperidine rings is 1. The minimum Gasteiger partial charge on any atom is -0.330 e. The van der Waals surface area contributed by atoms with Crippen molar-refractivity contribution in [1.82, 2.24) is 14.9 Å². The van der Waals surface area contributed by atoms with E-state index in [2.05, 4.69) is 9.97 Å². The van der Waals surface area contributed by atoms with E-state index in [4.69, 9.17) is 0 Å². The van der Waals surface area contributed by atoms with Gasteiger partial charge in [0.25, 0.3) is 5.91 Å². The first-order valence-electron chi connectivity index (χ1n) is 8.50. The van der Waals surface area contributed by atoms with Crippen molar-refractivity contribution in [2.45, 2.75) is 25.3 Å². The second kappa shape index (κ2) is 6.59. The fraction of sp³-hybridized carbons (Fsp3) is 0.250. The third-order valence-corrected chi connectivity index (χ3v) is 4.72. The average molecular weight is 335 g/mol. The molecule has 0 N–H and O–H groups in total. The summed E-state index contributed by atoms with van der Waals surface area (Å²) < 4.78 is 14.0. The maximum absolute atomic E-state index is 14.0. The van der Waals surface area contributed by atoms with Gasteiger partial charge >= 0.3 is 0 Å². The van der Waals surface area contributed by atoms with E-state index in [0.717, 1.165) is 24.8 Å². The molecule has 1 aliphatic heterocycles. The van der Waals surface area contributed by atoms with Gasteiger partial charge in [0.1, 0.15) is 17.0 Å². The fourth-order valence-electron chi connectivity index (χ4n) is 3.47. The van der Waals surface area contributed by atoms with Crippen LogP contribution in [0, 0.1) is 5.82 Å². The number of pyridine rings is 2. The standard InChI is InChI=1S/C20H18FN3O/c21-16-7-3-5-14-9-10-17(23-19(14)16)20(25)24-12-2-1-8-18(24)15-6-4-11-22-13-15/h3-7,9-11,13,18H,1-2,8,12H2. The molecule has 4 rings (SSSR count). The summed E-state index contributed by atoms with van der Waals surface area (Å²) in [7, 11) is 0. The predicted octanol–water partition coefficient (Wildman–Crippen LogP) is 4.14. The number of hydrogen-bond acceptors (Lipinski definition) is 3. The van der Waals surface area contributed by atoms with E-state index in [0.29, 0.717) is 11.9 Å². The summed E-state index contributed by atoms with van der Waals surface area (Å²) in [6.45, 7) is 0.676. The van der Waals surface area contributed by atoms with E-state index < -0.39 is 5.82 Å². The van der Waals surface area contributed by atoms with Crippen molar-refractivity contribution in [1.29, 1.82) is 0 Å². The lowest BCUT2D eigenvalue weighted by molar-refractivity contribution is 0.0605. The largest absolute Gasteiger partial charge is 0.330 e. The van der Waals surface area contributed by atoms with E-state index in [1.807, 2.05) is 23.2 Å². The predicted molar refractivity (Wildman–Crippen MR) is 93.6 cm³/mol. The molecule has 1 fully saturated rings. The van der Waals surface area contributed by atoms with Gasteiger partial charge in [0.2, 0.25) is 0 Å². The monoisotopic (exact) mass is 335 g/mol. The summed E-state index contributed by atoms with van der Waals surface area (Å²) in [5.74, 6) is -0.562. The highest BCUT2D eigenvalue weighted by atomic mass is 19.1.